The largest absolute Gasteiger partial charge is 0.326 e. The number of carbonyl (C=O) groups excluding carboxylic acids is 1. The van der Waals surface area contributed by atoms with E-state index in [1.165, 1.54) is 0 Å². The van der Waals surface area contributed by atoms with Crippen molar-refractivity contribution in [1.82, 2.24) is 14.8 Å². The maximum absolute atomic E-state index is 12.5. The molecule has 0 atom stereocenters. The molecule has 2 aromatic carbocycles. The molecule has 0 aliphatic heterocycles. The van der Waals surface area contributed by atoms with Crippen LogP contribution in [0, 0.1) is 27.7 Å². The number of hydrogen-bond donors (Lipinski definition) is 1. The van der Waals surface area contributed by atoms with Crippen molar-refractivity contribution in [2.24, 2.45) is 0 Å². The highest BCUT2D eigenvalue weighted by molar-refractivity contribution is 6.31. The summed E-state index contributed by atoms with van der Waals surface area (Å²) in [6.45, 7) is 8.03. The van der Waals surface area contributed by atoms with Gasteiger partial charge < -0.3 is 5.32 Å². The van der Waals surface area contributed by atoms with E-state index in [4.69, 9.17) is 21.7 Å². The number of benzene rings is 2. The predicted molar refractivity (Wildman–Crippen MR) is 126 cm³/mol. The molecular weight excluding hydrogens is 408 g/mol. The number of para-hydroxylation sites is 1. The van der Waals surface area contributed by atoms with E-state index < -0.39 is 0 Å². The standard InChI is InChI=1S/C25H25ClN4O/c1-15-10-11-19(14-22(15)26)28-23(31)13-12-21-16(2)24-18(4)29-30(25(24)27-17(21)3)20-8-6-5-7-9-20/h5-11,14H,12-13H2,1-4H3,(H,28,31). The molecule has 0 unspecified atom stereocenters. The second-order valence-electron chi connectivity index (χ2n) is 7.84. The molecule has 4 aromatic rings. The summed E-state index contributed by atoms with van der Waals surface area (Å²) in [6.07, 6.45) is 0.980. The lowest BCUT2D eigenvalue weighted by molar-refractivity contribution is -0.116. The molecule has 2 aromatic heterocycles. The van der Waals surface area contributed by atoms with Crippen LogP contribution >= 0.6 is 11.6 Å². The average molecular weight is 433 g/mol. The highest BCUT2D eigenvalue weighted by Crippen LogP contribution is 2.28. The first-order valence-electron chi connectivity index (χ1n) is 10.3. The van der Waals surface area contributed by atoms with Crippen molar-refractivity contribution in [2.45, 2.75) is 40.5 Å². The maximum atomic E-state index is 12.5. The van der Waals surface area contributed by atoms with Crippen molar-refractivity contribution in [2.75, 3.05) is 5.32 Å². The number of rotatable bonds is 5. The van der Waals surface area contributed by atoms with Gasteiger partial charge in [-0.3, -0.25) is 4.79 Å². The van der Waals surface area contributed by atoms with E-state index in [1.54, 1.807) is 6.07 Å². The third-order valence-electron chi connectivity index (χ3n) is 5.63. The lowest BCUT2D eigenvalue weighted by Gasteiger charge is -2.12. The number of halogens is 1. The van der Waals surface area contributed by atoms with Gasteiger partial charge in [-0.15, -0.1) is 0 Å². The molecule has 5 nitrogen and oxygen atoms in total. The second-order valence-corrected chi connectivity index (χ2v) is 8.25. The molecule has 158 valence electrons. The number of aromatic nitrogens is 3. The van der Waals surface area contributed by atoms with E-state index >= 15 is 0 Å². The van der Waals surface area contributed by atoms with Crippen LogP contribution in [0.15, 0.2) is 48.5 Å². The van der Waals surface area contributed by atoms with Crippen molar-refractivity contribution in [3.05, 3.63) is 81.6 Å². The minimum Gasteiger partial charge on any atom is -0.326 e. The summed E-state index contributed by atoms with van der Waals surface area (Å²) in [7, 11) is 0. The summed E-state index contributed by atoms with van der Waals surface area (Å²) >= 11 is 6.16. The summed E-state index contributed by atoms with van der Waals surface area (Å²) < 4.78 is 1.89. The van der Waals surface area contributed by atoms with Gasteiger partial charge in [0.2, 0.25) is 5.91 Å². The normalized spacial score (nSPS) is 11.1. The zero-order chi connectivity index (χ0) is 22.1. The van der Waals surface area contributed by atoms with Crippen molar-refractivity contribution < 1.29 is 4.79 Å². The van der Waals surface area contributed by atoms with E-state index in [9.17, 15) is 4.79 Å². The zero-order valence-corrected chi connectivity index (χ0v) is 18.9. The minimum atomic E-state index is -0.0458. The molecular formula is C25H25ClN4O. The number of anilines is 1. The fraction of sp³-hybridized carbons (Fsp3) is 0.240. The zero-order valence-electron chi connectivity index (χ0n) is 18.2. The summed E-state index contributed by atoms with van der Waals surface area (Å²) in [6, 6.07) is 15.6. The Labute approximate surface area is 187 Å². The van der Waals surface area contributed by atoms with Crippen LogP contribution in [-0.2, 0) is 11.2 Å². The van der Waals surface area contributed by atoms with Crippen LogP contribution in [0.1, 0.15) is 34.5 Å². The molecule has 6 heteroatoms. The molecule has 2 heterocycles. The first kappa shape index (κ1) is 21.1. The molecule has 0 aliphatic rings. The fourth-order valence-electron chi connectivity index (χ4n) is 3.96. The van der Waals surface area contributed by atoms with Gasteiger partial charge in [0.05, 0.1) is 11.4 Å². The van der Waals surface area contributed by atoms with E-state index in [0.29, 0.717) is 23.6 Å². The van der Waals surface area contributed by atoms with E-state index in [-0.39, 0.29) is 5.91 Å². The molecule has 0 aliphatic carbocycles. The molecule has 1 N–H and O–H groups in total. The Hall–Kier alpha value is -3.18. The van der Waals surface area contributed by atoms with Crippen LogP contribution in [0.4, 0.5) is 5.69 Å². The van der Waals surface area contributed by atoms with Crippen LogP contribution in [0.25, 0.3) is 16.7 Å². The van der Waals surface area contributed by atoms with Crippen LogP contribution in [0.2, 0.25) is 5.02 Å². The smallest absolute Gasteiger partial charge is 0.224 e. The van der Waals surface area contributed by atoms with E-state index in [2.05, 4.69) is 12.2 Å². The SMILES string of the molecule is Cc1ccc(NC(=O)CCc2c(C)nc3c(c(C)nn3-c3ccccc3)c2C)cc1Cl. The number of pyridine rings is 1. The summed E-state index contributed by atoms with van der Waals surface area (Å²) in [5.74, 6) is -0.0458. The molecule has 4 rings (SSSR count). The Kier molecular flexibility index (Phi) is 5.79. The van der Waals surface area contributed by atoms with Gasteiger partial charge in [0.25, 0.3) is 0 Å². The predicted octanol–water partition coefficient (Wildman–Crippen LogP) is 5.88. The Morgan fingerprint density at radius 1 is 1.03 bits per heavy atom. The molecule has 0 bridgehead atoms. The van der Waals surface area contributed by atoms with Crippen molar-refractivity contribution in [1.29, 1.82) is 0 Å². The Bertz CT molecular complexity index is 1280. The van der Waals surface area contributed by atoms with Gasteiger partial charge in [-0.05, 0) is 75.1 Å². The maximum Gasteiger partial charge on any atom is 0.224 e. The fourth-order valence-corrected chi connectivity index (χ4v) is 4.14. The van der Waals surface area contributed by atoms with Gasteiger partial charge >= 0.3 is 0 Å². The third kappa shape index (κ3) is 4.19. The molecule has 0 radical (unpaired) electrons. The number of hydrogen-bond acceptors (Lipinski definition) is 3. The molecule has 0 spiro atoms. The average Bonchev–Trinajstić information content (AvgIpc) is 3.07. The lowest BCUT2D eigenvalue weighted by Crippen LogP contribution is -2.13. The Morgan fingerprint density at radius 2 is 1.77 bits per heavy atom. The number of aryl methyl sites for hydroxylation is 4. The summed E-state index contributed by atoms with van der Waals surface area (Å²) in [5, 5.41) is 9.36. The van der Waals surface area contributed by atoms with Gasteiger partial charge in [-0.1, -0.05) is 35.9 Å². The number of nitrogens with one attached hydrogen (secondary N) is 1. The quantitative estimate of drug-likeness (QED) is 0.428. The van der Waals surface area contributed by atoms with Gasteiger partial charge in [0.15, 0.2) is 5.65 Å². The highest BCUT2D eigenvalue weighted by atomic mass is 35.5. The van der Waals surface area contributed by atoms with Gasteiger partial charge in [0.1, 0.15) is 0 Å². The number of nitrogens with zero attached hydrogens (tertiary/aromatic N) is 3. The van der Waals surface area contributed by atoms with Gasteiger partial charge in [-0.2, -0.15) is 5.10 Å². The van der Waals surface area contributed by atoms with Crippen LogP contribution in [0.3, 0.4) is 0 Å². The van der Waals surface area contributed by atoms with Crippen molar-refractivity contribution in [3.8, 4) is 5.69 Å². The molecule has 31 heavy (non-hydrogen) atoms. The summed E-state index contributed by atoms with van der Waals surface area (Å²) in [4.78, 5) is 17.4. The Morgan fingerprint density at radius 3 is 2.48 bits per heavy atom. The number of amides is 1. The van der Waals surface area contributed by atoms with Crippen LogP contribution < -0.4 is 5.32 Å². The monoisotopic (exact) mass is 432 g/mol. The lowest BCUT2D eigenvalue weighted by atomic mass is 9.99. The van der Waals surface area contributed by atoms with E-state index in [0.717, 1.165) is 44.8 Å². The van der Waals surface area contributed by atoms with E-state index in [1.807, 2.05) is 67.9 Å². The second kappa shape index (κ2) is 8.52. The van der Waals surface area contributed by atoms with Gasteiger partial charge in [0, 0.05) is 28.2 Å². The third-order valence-corrected chi connectivity index (χ3v) is 6.04. The molecule has 0 fully saturated rings. The molecule has 0 saturated carbocycles. The summed E-state index contributed by atoms with van der Waals surface area (Å²) in [5.41, 5.74) is 7.61. The minimum absolute atomic E-state index is 0.0458. The van der Waals surface area contributed by atoms with Crippen LogP contribution in [-0.4, -0.2) is 20.7 Å². The number of carbonyl (C=O) groups is 1. The number of fused-ring (bicyclic) bond motifs is 1. The van der Waals surface area contributed by atoms with Crippen molar-refractivity contribution in [3.63, 3.8) is 0 Å². The van der Waals surface area contributed by atoms with Crippen LogP contribution in [0.5, 0.6) is 0 Å². The topological polar surface area (TPSA) is 59.8 Å². The first-order chi connectivity index (χ1) is 14.8. The molecule has 1 amide bonds. The first-order valence-corrected chi connectivity index (χ1v) is 10.7. The van der Waals surface area contributed by atoms with Gasteiger partial charge in [-0.25, -0.2) is 9.67 Å². The van der Waals surface area contributed by atoms with Crippen molar-refractivity contribution >= 4 is 34.2 Å². The highest BCUT2D eigenvalue weighted by Gasteiger charge is 2.18. The molecule has 0 saturated heterocycles. The Balaban J connectivity index is 1.59.